The highest BCUT2D eigenvalue weighted by Gasteiger charge is 2.31. The summed E-state index contributed by atoms with van der Waals surface area (Å²) in [7, 11) is 0. The molecule has 1 aliphatic heterocycles. The molecule has 0 spiro atoms. The second-order valence-electron chi connectivity index (χ2n) is 6.98. The maximum Gasteiger partial charge on any atom is 0.274 e. The van der Waals surface area contributed by atoms with Crippen LogP contribution in [0.15, 0.2) is 12.7 Å². The molecule has 6 heteroatoms. The Morgan fingerprint density at radius 2 is 2.20 bits per heavy atom. The predicted molar refractivity (Wildman–Crippen MR) is 104 cm³/mol. The van der Waals surface area contributed by atoms with E-state index >= 15 is 0 Å². The van der Waals surface area contributed by atoms with Crippen molar-refractivity contribution in [3.63, 3.8) is 0 Å². The Morgan fingerprint density at radius 1 is 1.40 bits per heavy atom. The number of allylic oxidation sites excluding steroid dienone is 1. The van der Waals surface area contributed by atoms with Crippen molar-refractivity contribution >= 4 is 17.7 Å². The maximum absolute atomic E-state index is 13.1. The van der Waals surface area contributed by atoms with Gasteiger partial charge in [0.2, 0.25) is 0 Å². The van der Waals surface area contributed by atoms with Crippen molar-refractivity contribution < 1.29 is 4.79 Å². The first-order valence-electron chi connectivity index (χ1n) is 9.45. The smallest absolute Gasteiger partial charge is 0.274 e. The number of fused-ring (bicyclic) bond motifs is 1. The van der Waals surface area contributed by atoms with Gasteiger partial charge in [0.15, 0.2) is 5.69 Å². The summed E-state index contributed by atoms with van der Waals surface area (Å²) in [5, 5.41) is 8.36. The molecular formula is C19H30N4OS. The molecule has 0 saturated carbocycles. The molecule has 1 N–H and O–H groups in total. The highest BCUT2D eigenvalue weighted by molar-refractivity contribution is 7.98. The fraction of sp³-hybridized carbons (Fsp3) is 0.684. The number of likely N-dealkylation sites (tertiary alicyclic amines) is 1. The molecule has 1 atom stereocenters. The van der Waals surface area contributed by atoms with Crippen LogP contribution in [0.2, 0.25) is 0 Å². The van der Waals surface area contributed by atoms with Crippen LogP contribution in [0.25, 0.3) is 0 Å². The largest absolute Gasteiger partial charge is 0.337 e. The van der Waals surface area contributed by atoms with Crippen molar-refractivity contribution in [2.75, 3.05) is 31.6 Å². The van der Waals surface area contributed by atoms with Gasteiger partial charge in [-0.3, -0.25) is 9.48 Å². The normalized spacial score (nSPS) is 20.4. The molecule has 0 bridgehead atoms. The van der Waals surface area contributed by atoms with Gasteiger partial charge in [0.1, 0.15) is 0 Å². The number of hydrogen-bond acceptors (Lipinski definition) is 4. The van der Waals surface area contributed by atoms with Gasteiger partial charge >= 0.3 is 0 Å². The van der Waals surface area contributed by atoms with Crippen LogP contribution < -0.4 is 5.32 Å². The van der Waals surface area contributed by atoms with Gasteiger partial charge in [0.25, 0.3) is 5.91 Å². The molecule has 1 fully saturated rings. The van der Waals surface area contributed by atoms with Crippen molar-refractivity contribution in [2.45, 2.75) is 51.1 Å². The summed E-state index contributed by atoms with van der Waals surface area (Å²) in [5.74, 6) is 1.25. The lowest BCUT2D eigenvalue weighted by molar-refractivity contribution is 0.0716. The standard InChI is InChI=1S/C19H30N4OS/c1-3-10-23-17-8-7-15(20-9-13-25-2)14-16(17)18(21-23)19(24)22-11-5-4-6-12-22/h3,15,20H,1,4-14H2,2H3. The summed E-state index contributed by atoms with van der Waals surface area (Å²) in [6, 6.07) is 0.453. The van der Waals surface area contributed by atoms with Crippen LogP contribution in [-0.2, 0) is 19.4 Å². The minimum absolute atomic E-state index is 0.128. The molecule has 3 rings (SSSR count). The van der Waals surface area contributed by atoms with Gasteiger partial charge < -0.3 is 10.2 Å². The monoisotopic (exact) mass is 362 g/mol. The maximum atomic E-state index is 13.1. The van der Waals surface area contributed by atoms with Gasteiger partial charge in [-0.1, -0.05) is 6.08 Å². The molecule has 1 aromatic rings. The first-order valence-corrected chi connectivity index (χ1v) is 10.8. The van der Waals surface area contributed by atoms with Crippen molar-refractivity contribution in [3.8, 4) is 0 Å². The number of rotatable bonds is 7. The molecule has 1 saturated heterocycles. The predicted octanol–water partition coefficient (Wildman–Crippen LogP) is 2.51. The van der Waals surface area contributed by atoms with Crippen molar-refractivity contribution in [1.29, 1.82) is 0 Å². The first-order chi connectivity index (χ1) is 12.2. The van der Waals surface area contributed by atoms with E-state index in [2.05, 4.69) is 18.2 Å². The quantitative estimate of drug-likeness (QED) is 0.598. The Bertz CT molecular complexity index is 607. The number of nitrogens with zero attached hydrogens (tertiary/aromatic N) is 3. The third kappa shape index (κ3) is 4.29. The number of nitrogens with one attached hydrogen (secondary N) is 1. The Hall–Kier alpha value is -1.27. The highest BCUT2D eigenvalue weighted by atomic mass is 32.2. The minimum atomic E-state index is 0.128. The van der Waals surface area contributed by atoms with Crippen LogP contribution in [0.4, 0.5) is 0 Å². The Balaban J connectivity index is 1.80. The second-order valence-corrected chi connectivity index (χ2v) is 7.97. The van der Waals surface area contributed by atoms with Crippen molar-refractivity contribution in [1.82, 2.24) is 20.0 Å². The first kappa shape index (κ1) is 18.5. The summed E-state index contributed by atoms with van der Waals surface area (Å²) in [4.78, 5) is 15.1. The van der Waals surface area contributed by atoms with Crippen LogP contribution in [-0.4, -0.2) is 58.3 Å². The second kappa shape index (κ2) is 8.90. The fourth-order valence-electron chi connectivity index (χ4n) is 3.92. The Labute approximate surface area is 155 Å². The Kier molecular flexibility index (Phi) is 6.59. The number of hydrogen-bond donors (Lipinski definition) is 1. The van der Waals surface area contributed by atoms with E-state index in [9.17, 15) is 4.79 Å². The number of piperidine rings is 1. The van der Waals surface area contributed by atoms with Crippen LogP contribution in [0.5, 0.6) is 0 Å². The van der Waals surface area contributed by atoms with Crippen LogP contribution in [0.3, 0.4) is 0 Å². The average Bonchev–Trinajstić information content (AvgIpc) is 3.00. The molecule has 0 radical (unpaired) electrons. The van der Waals surface area contributed by atoms with Crippen LogP contribution in [0.1, 0.15) is 47.4 Å². The van der Waals surface area contributed by atoms with Gasteiger partial charge in [-0.2, -0.15) is 16.9 Å². The van der Waals surface area contributed by atoms with E-state index in [1.807, 2.05) is 27.4 Å². The zero-order valence-corrected chi connectivity index (χ0v) is 16.1. The summed E-state index contributed by atoms with van der Waals surface area (Å²) >= 11 is 1.86. The molecule has 138 valence electrons. The molecule has 1 aliphatic carbocycles. The molecule has 2 aliphatic rings. The van der Waals surface area contributed by atoms with Crippen LogP contribution in [0, 0.1) is 0 Å². The third-order valence-electron chi connectivity index (χ3n) is 5.23. The van der Waals surface area contributed by atoms with E-state index in [1.165, 1.54) is 17.7 Å². The third-order valence-corrected chi connectivity index (χ3v) is 5.85. The lowest BCUT2D eigenvalue weighted by atomic mass is 9.91. The van der Waals surface area contributed by atoms with Gasteiger partial charge in [0.05, 0.1) is 6.54 Å². The van der Waals surface area contributed by atoms with E-state index in [-0.39, 0.29) is 5.91 Å². The van der Waals surface area contributed by atoms with E-state index < -0.39 is 0 Å². The fourth-order valence-corrected chi connectivity index (χ4v) is 4.24. The van der Waals surface area contributed by atoms with Gasteiger partial charge in [-0.25, -0.2) is 0 Å². The molecule has 1 aromatic heterocycles. The topological polar surface area (TPSA) is 50.2 Å². The minimum Gasteiger partial charge on any atom is -0.337 e. The number of carbonyl (C=O) groups excluding carboxylic acids is 1. The lowest BCUT2D eigenvalue weighted by Gasteiger charge is -2.27. The SMILES string of the molecule is C=CCn1nc(C(=O)N2CCCCC2)c2c1CCC(NCCSC)C2. The highest BCUT2D eigenvalue weighted by Crippen LogP contribution is 2.27. The number of thioether (sulfide) groups is 1. The zero-order valence-electron chi connectivity index (χ0n) is 15.3. The van der Waals surface area contributed by atoms with Gasteiger partial charge in [0, 0.05) is 42.7 Å². The van der Waals surface area contributed by atoms with Crippen LogP contribution >= 0.6 is 11.8 Å². The molecule has 1 unspecified atom stereocenters. The van der Waals surface area contributed by atoms with Crippen molar-refractivity contribution in [3.05, 3.63) is 29.6 Å². The summed E-state index contributed by atoms with van der Waals surface area (Å²) in [6.07, 6.45) is 10.5. The number of aromatic nitrogens is 2. The van der Waals surface area contributed by atoms with Gasteiger partial charge in [-0.15, -0.1) is 6.58 Å². The number of amides is 1. The van der Waals surface area contributed by atoms with Gasteiger partial charge in [-0.05, 0) is 44.8 Å². The van der Waals surface area contributed by atoms with Crippen molar-refractivity contribution in [2.24, 2.45) is 0 Å². The van der Waals surface area contributed by atoms with E-state index in [0.29, 0.717) is 18.3 Å². The molecule has 5 nitrogen and oxygen atoms in total. The number of carbonyl (C=O) groups is 1. The van der Waals surface area contributed by atoms with E-state index in [0.717, 1.165) is 57.5 Å². The van der Waals surface area contributed by atoms with E-state index in [4.69, 9.17) is 5.10 Å². The molecule has 2 heterocycles. The lowest BCUT2D eigenvalue weighted by Crippen LogP contribution is -2.38. The summed E-state index contributed by atoms with van der Waals surface area (Å²) in [5.41, 5.74) is 3.10. The molecular weight excluding hydrogens is 332 g/mol. The summed E-state index contributed by atoms with van der Waals surface area (Å²) < 4.78 is 2.00. The molecule has 25 heavy (non-hydrogen) atoms. The molecule has 1 amide bonds. The average molecular weight is 363 g/mol. The summed E-state index contributed by atoms with van der Waals surface area (Å²) in [6.45, 7) is 7.29. The zero-order chi connectivity index (χ0) is 17.6. The Morgan fingerprint density at radius 3 is 2.92 bits per heavy atom. The molecule has 0 aromatic carbocycles. The van der Waals surface area contributed by atoms with E-state index in [1.54, 1.807) is 0 Å².